The molecule has 6 nitrogen and oxygen atoms in total. The van der Waals surface area contributed by atoms with Crippen molar-refractivity contribution in [3.05, 3.63) is 16.1 Å². The average Bonchev–Trinajstić information content (AvgIpc) is 2.70. The molecule has 1 aromatic heterocycles. The van der Waals surface area contributed by atoms with Crippen LogP contribution in [-0.2, 0) is 9.53 Å². The number of aryl methyl sites for hydroxylation is 1. The number of nitrogens with zero attached hydrogens (tertiary/aromatic N) is 1. The zero-order chi connectivity index (χ0) is 12.8. The van der Waals surface area contributed by atoms with E-state index in [0.717, 1.165) is 5.01 Å². The van der Waals surface area contributed by atoms with Gasteiger partial charge in [-0.25, -0.2) is 9.78 Å². The van der Waals surface area contributed by atoms with Crippen molar-refractivity contribution in [1.82, 2.24) is 10.3 Å². The molecule has 17 heavy (non-hydrogen) atoms. The molecule has 0 saturated carbocycles. The zero-order valence-corrected chi connectivity index (χ0v) is 10.4. The van der Waals surface area contributed by atoms with Crippen molar-refractivity contribution in [2.75, 3.05) is 13.7 Å². The molecule has 0 aromatic carbocycles. The molecule has 0 bridgehead atoms. The normalized spacial score (nSPS) is 12.1. The number of hydrogen-bond donors (Lipinski definition) is 2. The monoisotopic (exact) mass is 258 g/mol. The third-order valence-electron chi connectivity index (χ3n) is 2.06. The molecule has 0 aliphatic carbocycles. The summed E-state index contributed by atoms with van der Waals surface area (Å²) in [5, 5.41) is 12.1. The lowest BCUT2D eigenvalue weighted by atomic mass is 10.2. The lowest BCUT2D eigenvalue weighted by molar-refractivity contribution is -0.139. The molecule has 1 rings (SSSR count). The number of carbonyl (C=O) groups is 2. The van der Waals surface area contributed by atoms with Crippen LogP contribution < -0.4 is 5.32 Å². The van der Waals surface area contributed by atoms with E-state index in [1.165, 1.54) is 24.6 Å². The Morgan fingerprint density at radius 1 is 1.65 bits per heavy atom. The van der Waals surface area contributed by atoms with Crippen LogP contribution in [0.5, 0.6) is 0 Å². The number of ether oxygens (including phenoxy) is 1. The van der Waals surface area contributed by atoms with Crippen molar-refractivity contribution in [1.29, 1.82) is 0 Å². The van der Waals surface area contributed by atoms with Crippen LogP contribution in [0.1, 0.15) is 21.1 Å². The zero-order valence-electron chi connectivity index (χ0n) is 9.60. The summed E-state index contributed by atoms with van der Waals surface area (Å²) >= 11 is 1.23. The fraction of sp³-hybridized carbons (Fsp3) is 0.500. The van der Waals surface area contributed by atoms with Crippen LogP contribution in [0.3, 0.4) is 0 Å². The number of thiazole rings is 1. The third-order valence-corrected chi connectivity index (χ3v) is 2.97. The molecule has 0 spiro atoms. The van der Waals surface area contributed by atoms with Crippen LogP contribution in [0, 0.1) is 6.92 Å². The van der Waals surface area contributed by atoms with Gasteiger partial charge in [-0.1, -0.05) is 0 Å². The van der Waals surface area contributed by atoms with Gasteiger partial charge in [0.25, 0.3) is 5.91 Å². The van der Waals surface area contributed by atoms with E-state index in [1.807, 2.05) is 0 Å². The first kappa shape index (κ1) is 13.6. The topological polar surface area (TPSA) is 88.5 Å². The summed E-state index contributed by atoms with van der Waals surface area (Å²) in [6.45, 7) is 2.06. The predicted molar refractivity (Wildman–Crippen MR) is 62.2 cm³/mol. The van der Waals surface area contributed by atoms with Crippen LogP contribution >= 0.6 is 11.3 Å². The van der Waals surface area contributed by atoms with Crippen molar-refractivity contribution in [3.63, 3.8) is 0 Å². The van der Waals surface area contributed by atoms with Crippen molar-refractivity contribution in [2.45, 2.75) is 19.4 Å². The van der Waals surface area contributed by atoms with E-state index in [9.17, 15) is 9.59 Å². The van der Waals surface area contributed by atoms with E-state index in [0.29, 0.717) is 4.88 Å². The number of carboxylic acids is 1. The van der Waals surface area contributed by atoms with Crippen molar-refractivity contribution >= 4 is 23.2 Å². The molecule has 0 aliphatic rings. The summed E-state index contributed by atoms with van der Waals surface area (Å²) in [5.41, 5.74) is 0. The number of hydrogen-bond acceptors (Lipinski definition) is 5. The Hall–Kier alpha value is -1.47. The molecule has 94 valence electrons. The second-order valence-electron chi connectivity index (χ2n) is 3.39. The van der Waals surface area contributed by atoms with Crippen molar-refractivity contribution < 1.29 is 19.4 Å². The van der Waals surface area contributed by atoms with Crippen LogP contribution in [0.15, 0.2) is 6.20 Å². The number of rotatable bonds is 6. The highest BCUT2D eigenvalue weighted by Crippen LogP contribution is 2.11. The molecule has 1 aromatic rings. The smallest absolute Gasteiger partial charge is 0.326 e. The van der Waals surface area contributed by atoms with Gasteiger partial charge < -0.3 is 15.2 Å². The molecule has 0 fully saturated rings. The van der Waals surface area contributed by atoms with Crippen LogP contribution in [0.2, 0.25) is 0 Å². The maximum Gasteiger partial charge on any atom is 0.326 e. The first-order valence-corrected chi connectivity index (χ1v) is 5.81. The molecule has 0 saturated heterocycles. The van der Waals surface area contributed by atoms with Gasteiger partial charge in [0.1, 0.15) is 10.9 Å². The minimum atomic E-state index is -1.07. The summed E-state index contributed by atoms with van der Waals surface area (Å²) in [7, 11) is 1.48. The van der Waals surface area contributed by atoms with Gasteiger partial charge in [0.15, 0.2) is 0 Å². The molecule has 0 aliphatic heterocycles. The standard InChI is InChI=1S/C10H14N2O4S/c1-6-11-5-8(17-6)9(13)12-7(10(14)15)3-4-16-2/h5,7H,3-4H2,1-2H3,(H,12,13)(H,14,15). The minimum absolute atomic E-state index is 0.232. The van der Waals surface area contributed by atoms with Gasteiger partial charge in [-0.15, -0.1) is 11.3 Å². The SMILES string of the molecule is COCCC(NC(=O)c1cnc(C)s1)C(=O)O. The Bertz CT molecular complexity index is 405. The third kappa shape index (κ3) is 4.12. The van der Waals surface area contributed by atoms with Crippen molar-refractivity contribution in [3.8, 4) is 0 Å². The Labute approximate surface area is 103 Å². The summed E-state index contributed by atoms with van der Waals surface area (Å²) in [6, 6.07) is -0.940. The molecule has 1 heterocycles. The molecule has 1 unspecified atom stereocenters. The summed E-state index contributed by atoms with van der Waals surface area (Å²) in [6.07, 6.45) is 1.67. The van der Waals surface area contributed by atoms with Gasteiger partial charge in [0.05, 0.1) is 11.2 Å². The van der Waals surface area contributed by atoms with Gasteiger partial charge in [-0.05, 0) is 6.92 Å². The van der Waals surface area contributed by atoms with Gasteiger partial charge in [-0.3, -0.25) is 4.79 Å². The maximum atomic E-state index is 11.7. The first-order chi connectivity index (χ1) is 8.04. The molecule has 7 heteroatoms. The lowest BCUT2D eigenvalue weighted by Gasteiger charge is -2.12. The lowest BCUT2D eigenvalue weighted by Crippen LogP contribution is -2.41. The molecule has 0 radical (unpaired) electrons. The number of aliphatic carboxylic acids is 1. The highest BCUT2D eigenvalue weighted by atomic mass is 32.1. The van der Waals surface area contributed by atoms with Gasteiger partial charge in [0, 0.05) is 20.1 Å². The number of nitrogens with one attached hydrogen (secondary N) is 1. The second-order valence-corrected chi connectivity index (χ2v) is 4.62. The summed E-state index contributed by atoms with van der Waals surface area (Å²) in [4.78, 5) is 26.9. The average molecular weight is 258 g/mol. The fourth-order valence-electron chi connectivity index (χ4n) is 1.19. The van der Waals surface area contributed by atoms with Crippen LogP contribution in [0.25, 0.3) is 0 Å². The number of carboxylic acid groups (broad SMARTS) is 1. The van der Waals surface area contributed by atoms with E-state index >= 15 is 0 Å². The number of aromatic nitrogens is 1. The van der Waals surface area contributed by atoms with E-state index in [-0.39, 0.29) is 13.0 Å². The minimum Gasteiger partial charge on any atom is -0.480 e. The van der Waals surface area contributed by atoms with E-state index in [2.05, 4.69) is 10.3 Å². The van der Waals surface area contributed by atoms with Gasteiger partial charge >= 0.3 is 5.97 Å². The highest BCUT2D eigenvalue weighted by Gasteiger charge is 2.21. The Morgan fingerprint density at radius 2 is 2.35 bits per heavy atom. The second kappa shape index (κ2) is 6.31. The summed E-state index contributed by atoms with van der Waals surface area (Å²) in [5.74, 6) is -1.49. The Balaban J connectivity index is 2.60. The predicted octanol–water partition coefficient (Wildman–Crippen LogP) is 0.671. The summed E-state index contributed by atoms with van der Waals surface area (Å²) < 4.78 is 4.79. The Morgan fingerprint density at radius 3 is 2.82 bits per heavy atom. The van der Waals surface area contributed by atoms with Crippen molar-refractivity contribution in [2.24, 2.45) is 0 Å². The Kier molecular flexibility index (Phi) is 5.05. The maximum absolute atomic E-state index is 11.7. The van der Waals surface area contributed by atoms with E-state index in [4.69, 9.17) is 9.84 Å². The van der Waals surface area contributed by atoms with Gasteiger partial charge in [0.2, 0.25) is 0 Å². The fourth-order valence-corrected chi connectivity index (χ4v) is 1.87. The molecule has 1 atom stereocenters. The number of carbonyl (C=O) groups excluding carboxylic acids is 1. The highest BCUT2D eigenvalue weighted by molar-refractivity contribution is 7.13. The van der Waals surface area contributed by atoms with E-state index < -0.39 is 17.9 Å². The molecular weight excluding hydrogens is 244 g/mol. The largest absolute Gasteiger partial charge is 0.480 e. The van der Waals surface area contributed by atoms with Crippen LogP contribution in [0.4, 0.5) is 0 Å². The molecule has 1 amide bonds. The van der Waals surface area contributed by atoms with Gasteiger partial charge in [-0.2, -0.15) is 0 Å². The molecule has 2 N–H and O–H groups in total. The van der Waals surface area contributed by atoms with Crippen LogP contribution in [-0.4, -0.2) is 41.7 Å². The number of methoxy groups -OCH3 is 1. The number of amides is 1. The quantitative estimate of drug-likeness (QED) is 0.783. The molecular formula is C10H14N2O4S. The first-order valence-electron chi connectivity index (χ1n) is 4.99. The van der Waals surface area contributed by atoms with E-state index in [1.54, 1.807) is 6.92 Å².